The number of thiophene rings is 1. The Bertz CT molecular complexity index is 1410. The molecule has 8 nitrogen and oxygen atoms in total. The smallest absolute Gasteiger partial charge is 0.269 e. The van der Waals surface area contributed by atoms with Crippen molar-refractivity contribution < 1.29 is 4.92 Å². The Hall–Kier alpha value is -3.85. The lowest BCUT2D eigenvalue weighted by Gasteiger charge is -2.13. The van der Waals surface area contributed by atoms with E-state index in [4.69, 9.17) is 4.98 Å². The van der Waals surface area contributed by atoms with Gasteiger partial charge in [0.15, 0.2) is 0 Å². The van der Waals surface area contributed by atoms with E-state index in [1.807, 2.05) is 30.3 Å². The van der Waals surface area contributed by atoms with Crippen molar-refractivity contribution in [2.75, 3.05) is 5.43 Å². The van der Waals surface area contributed by atoms with Gasteiger partial charge in [0.25, 0.3) is 11.2 Å². The van der Waals surface area contributed by atoms with E-state index in [0.717, 1.165) is 47.0 Å². The fourth-order valence-electron chi connectivity index (χ4n) is 4.08. The van der Waals surface area contributed by atoms with Crippen LogP contribution in [0, 0.1) is 10.1 Å². The van der Waals surface area contributed by atoms with Crippen LogP contribution in [0.25, 0.3) is 10.2 Å². The zero-order chi connectivity index (χ0) is 22.8. The first-order chi connectivity index (χ1) is 16.1. The highest BCUT2D eigenvalue weighted by atomic mass is 32.1. The van der Waals surface area contributed by atoms with Crippen LogP contribution in [0.2, 0.25) is 0 Å². The van der Waals surface area contributed by atoms with Crippen LogP contribution in [-0.2, 0) is 19.4 Å². The van der Waals surface area contributed by atoms with Crippen molar-refractivity contribution >= 4 is 39.4 Å². The number of benzene rings is 2. The van der Waals surface area contributed by atoms with E-state index in [2.05, 4.69) is 10.5 Å². The predicted octanol–water partition coefficient (Wildman–Crippen LogP) is 4.74. The van der Waals surface area contributed by atoms with E-state index in [9.17, 15) is 14.9 Å². The van der Waals surface area contributed by atoms with Crippen LogP contribution in [-0.4, -0.2) is 20.7 Å². The number of aryl methyl sites for hydroxylation is 2. The summed E-state index contributed by atoms with van der Waals surface area (Å²) in [5.41, 5.74) is 5.73. The summed E-state index contributed by atoms with van der Waals surface area (Å²) in [4.78, 5) is 30.8. The van der Waals surface area contributed by atoms with E-state index in [1.54, 1.807) is 34.3 Å². The first-order valence-electron chi connectivity index (χ1n) is 10.7. The molecule has 4 aromatic rings. The second kappa shape index (κ2) is 8.95. The van der Waals surface area contributed by atoms with Crippen LogP contribution in [0.3, 0.4) is 0 Å². The van der Waals surface area contributed by atoms with Gasteiger partial charge in [0.2, 0.25) is 5.95 Å². The van der Waals surface area contributed by atoms with Gasteiger partial charge in [0.1, 0.15) is 4.83 Å². The average molecular weight is 460 g/mol. The minimum atomic E-state index is -0.443. The van der Waals surface area contributed by atoms with Gasteiger partial charge < -0.3 is 0 Å². The molecule has 0 radical (unpaired) electrons. The third-order valence-electron chi connectivity index (χ3n) is 5.74. The van der Waals surface area contributed by atoms with Crippen molar-refractivity contribution in [3.05, 3.63) is 96.6 Å². The molecule has 0 saturated carbocycles. The quantitative estimate of drug-likeness (QED) is 0.255. The highest BCUT2D eigenvalue weighted by Gasteiger charge is 2.22. The molecule has 0 fully saturated rings. The van der Waals surface area contributed by atoms with Crippen molar-refractivity contribution in [2.24, 2.45) is 5.10 Å². The average Bonchev–Trinajstić information content (AvgIpc) is 3.21. The number of fused-ring (bicyclic) bond motifs is 3. The largest absolute Gasteiger partial charge is 0.272 e. The molecule has 2 heterocycles. The Morgan fingerprint density at radius 2 is 1.88 bits per heavy atom. The van der Waals surface area contributed by atoms with Gasteiger partial charge in [-0.3, -0.25) is 19.5 Å². The molecule has 0 aliphatic heterocycles. The second-order valence-electron chi connectivity index (χ2n) is 7.92. The summed E-state index contributed by atoms with van der Waals surface area (Å²) >= 11 is 1.60. The topological polar surface area (TPSA) is 102 Å². The fraction of sp³-hybridized carbons (Fsp3) is 0.208. The summed E-state index contributed by atoms with van der Waals surface area (Å²) < 4.78 is 1.63. The highest BCUT2D eigenvalue weighted by Crippen LogP contribution is 2.34. The summed E-state index contributed by atoms with van der Waals surface area (Å²) in [7, 11) is 0. The molecule has 0 unspecified atom stereocenters. The van der Waals surface area contributed by atoms with Crippen molar-refractivity contribution in [3.8, 4) is 0 Å². The van der Waals surface area contributed by atoms with Gasteiger partial charge in [-0.05, 0) is 54.5 Å². The normalized spacial score (nSPS) is 13.3. The maximum absolute atomic E-state index is 13.6. The van der Waals surface area contributed by atoms with Crippen molar-refractivity contribution in [3.63, 3.8) is 0 Å². The van der Waals surface area contributed by atoms with Gasteiger partial charge in [0.05, 0.1) is 23.1 Å². The number of hydrogen-bond donors (Lipinski definition) is 1. The number of hydrogen-bond acceptors (Lipinski definition) is 7. The van der Waals surface area contributed by atoms with Gasteiger partial charge in [-0.15, -0.1) is 11.3 Å². The number of non-ortho nitro benzene ring substituents is 1. The van der Waals surface area contributed by atoms with Gasteiger partial charge in [-0.25, -0.2) is 10.4 Å². The summed E-state index contributed by atoms with van der Waals surface area (Å²) in [6, 6.07) is 15.9. The molecule has 0 saturated heterocycles. The molecular formula is C24H21N5O3S. The summed E-state index contributed by atoms with van der Waals surface area (Å²) in [5.74, 6) is 0.369. The van der Waals surface area contributed by atoms with Crippen molar-refractivity contribution in [1.82, 2.24) is 9.55 Å². The van der Waals surface area contributed by atoms with E-state index >= 15 is 0 Å². The molecule has 0 atom stereocenters. The Kier molecular flexibility index (Phi) is 5.70. The van der Waals surface area contributed by atoms with E-state index in [1.165, 1.54) is 17.0 Å². The third kappa shape index (κ3) is 4.27. The van der Waals surface area contributed by atoms with E-state index in [0.29, 0.717) is 18.1 Å². The molecule has 166 valence electrons. The number of nitrogens with zero attached hydrogens (tertiary/aromatic N) is 4. The van der Waals surface area contributed by atoms with Crippen molar-refractivity contribution in [2.45, 2.75) is 32.2 Å². The van der Waals surface area contributed by atoms with Crippen LogP contribution in [0.5, 0.6) is 0 Å². The van der Waals surface area contributed by atoms with E-state index < -0.39 is 4.92 Å². The number of nitrogens with one attached hydrogen (secondary N) is 1. The molecule has 0 bridgehead atoms. The molecule has 5 rings (SSSR count). The molecule has 0 spiro atoms. The Balaban J connectivity index is 1.52. The summed E-state index contributed by atoms with van der Waals surface area (Å²) in [5, 5.41) is 15.8. The number of nitro groups is 1. The predicted molar refractivity (Wildman–Crippen MR) is 130 cm³/mol. The van der Waals surface area contributed by atoms with Gasteiger partial charge >= 0.3 is 0 Å². The third-order valence-corrected chi connectivity index (χ3v) is 6.93. The molecule has 33 heavy (non-hydrogen) atoms. The van der Waals surface area contributed by atoms with Crippen LogP contribution < -0.4 is 11.0 Å². The standard InChI is InChI=1S/C24H21N5O3S/c30-23-21-19-8-4-5-9-20(19)33-22(21)26-24(28(23)15-17-6-2-1-3-7-17)27-25-14-16-10-12-18(13-11-16)29(31)32/h1-3,6-7,10-14H,4-5,8-9,15H2,(H,26,27)/b25-14+. The Labute approximate surface area is 193 Å². The SMILES string of the molecule is O=c1c2c3c(sc2nc(N/N=C/c2ccc([N+](=O)[O-])cc2)n1Cc1ccccc1)CCCC3. The number of rotatable bonds is 6. The number of aromatic nitrogens is 2. The lowest BCUT2D eigenvalue weighted by atomic mass is 9.97. The maximum atomic E-state index is 13.6. The molecule has 1 aliphatic carbocycles. The number of nitro benzene ring substituents is 1. The maximum Gasteiger partial charge on any atom is 0.269 e. The molecule has 2 aromatic heterocycles. The molecule has 2 aromatic carbocycles. The van der Waals surface area contributed by atoms with Gasteiger partial charge in [-0.1, -0.05) is 30.3 Å². The Morgan fingerprint density at radius 1 is 1.12 bits per heavy atom. The van der Waals surface area contributed by atoms with Crippen LogP contribution >= 0.6 is 11.3 Å². The van der Waals surface area contributed by atoms with Crippen LogP contribution in [0.4, 0.5) is 11.6 Å². The molecular weight excluding hydrogens is 438 g/mol. The van der Waals surface area contributed by atoms with Crippen molar-refractivity contribution in [1.29, 1.82) is 0 Å². The van der Waals surface area contributed by atoms with Crippen LogP contribution in [0.1, 0.15) is 34.4 Å². The van der Waals surface area contributed by atoms with Gasteiger partial charge in [0, 0.05) is 17.0 Å². The lowest BCUT2D eigenvalue weighted by Crippen LogP contribution is -2.25. The first kappa shape index (κ1) is 21.0. The van der Waals surface area contributed by atoms with Crippen LogP contribution in [0.15, 0.2) is 64.5 Å². The molecule has 1 N–H and O–H groups in total. The number of hydrazone groups is 1. The fourth-order valence-corrected chi connectivity index (χ4v) is 5.33. The summed E-state index contributed by atoms with van der Waals surface area (Å²) in [6.07, 6.45) is 5.70. The molecule has 1 aliphatic rings. The van der Waals surface area contributed by atoms with Gasteiger partial charge in [-0.2, -0.15) is 5.10 Å². The first-order valence-corrected chi connectivity index (χ1v) is 11.5. The Morgan fingerprint density at radius 3 is 2.64 bits per heavy atom. The zero-order valence-electron chi connectivity index (χ0n) is 17.7. The molecule has 9 heteroatoms. The van der Waals surface area contributed by atoms with E-state index in [-0.39, 0.29) is 11.2 Å². The zero-order valence-corrected chi connectivity index (χ0v) is 18.5. The molecule has 0 amide bonds. The minimum absolute atomic E-state index is 0.0191. The monoisotopic (exact) mass is 459 g/mol. The highest BCUT2D eigenvalue weighted by molar-refractivity contribution is 7.18. The summed E-state index contributed by atoms with van der Waals surface area (Å²) in [6.45, 7) is 0.378. The minimum Gasteiger partial charge on any atom is -0.272 e. The lowest BCUT2D eigenvalue weighted by molar-refractivity contribution is -0.384. The second-order valence-corrected chi connectivity index (χ2v) is 9.01. The number of anilines is 1.